The standard InChI is InChI=1S/C11H18N2O2/c1-11(2,6-10(14)15)8-12-7-9-4-3-5-13-9/h3-5,12-13H,6-8H2,1-2H3,(H,14,15). The average Bonchev–Trinajstić information content (AvgIpc) is 2.53. The zero-order valence-electron chi connectivity index (χ0n) is 9.21. The molecule has 0 aliphatic heterocycles. The van der Waals surface area contributed by atoms with Gasteiger partial charge in [-0.1, -0.05) is 13.8 Å². The first-order valence-corrected chi connectivity index (χ1v) is 5.04. The highest BCUT2D eigenvalue weighted by Crippen LogP contribution is 2.18. The average molecular weight is 210 g/mol. The minimum Gasteiger partial charge on any atom is -0.481 e. The lowest BCUT2D eigenvalue weighted by atomic mass is 9.89. The van der Waals surface area contributed by atoms with E-state index in [1.807, 2.05) is 32.2 Å². The zero-order valence-corrected chi connectivity index (χ0v) is 9.21. The Bertz CT molecular complexity index is 304. The number of carboxylic acid groups (broad SMARTS) is 1. The maximum Gasteiger partial charge on any atom is 0.303 e. The SMILES string of the molecule is CC(C)(CNCc1ccc[nH]1)CC(=O)O. The molecule has 4 nitrogen and oxygen atoms in total. The summed E-state index contributed by atoms with van der Waals surface area (Å²) in [5, 5.41) is 11.9. The molecule has 0 saturated heterocycles. The molecule has 0 aliphatic rings. The molecule has 15 heavy (non-hydrogen) atoms. The smallest absolute Gasteiger partial charge is 0.303 e. The van der Waals surface area contributed by atoms with Crippen molar-refractivity contribution in [2.45, 2.75) is 26.8 Å². The summed E-state index contributed by atoms with van der Waals surface area (Å²) >= 11 is 0. The minimum atomic E-state index is -0.748. The zero-order chi connectivity index (χ0) is 11.3. The van der Waals surface area contributed by atoms with E-state index >= 15 is 0 Å². The van der Waals surface area contributed by atoms with Crippen LogP contribution in [0.25, 0.3) is 0 Å². The molecular weight excluding hydrogens is 192 g/mol. The molecule has 3 N–H and O–H groups in total. The van der Waals surface area contributed by atoms with Gasteiger partial charge in [0.2, 0.25) is 0 Å². The lowest BCUT2D eigenvalue weighted by molar-refractivity contribution is -0.139. The Labute approximate surface area is 89.7 Å². The number of aromatic nitrogens is 1. The molecule has 0 bridgehead atoms. The summed E-state index contributed by atoms with van der Waals surface area (Å²) in [7, 11) is 0. The van der Waals surface area contributed by atoms with Gasteiger partial charge in [0.1, 0.15) is 0 Å². The Kier molecular flexibility index (Phi) is 3.91. The van der Waals surface area contributed by atoms with Crippen LogP contribution in [0, 0.1) is 5.41 Å². The van der Waals surface area contributed by atoms with E-state index in [1.54, 1.807) is 0 Å². The van der Waals surface area contributed by atoms with Crippen molar-refractivity contribution >= 4 is 5.97 Å². The first-order chi connectivity index (χ1) is 6.99. The molecule has 0 saturated carbocycles. The van der Waals surface area contributed by atoms with Crippen molar-refractivity contribution < 1.29 is 9.90 Å². The van der Waals surface area contributed by atoms with Crippen LogP contribution in [0.1, 0.15) is 26.0 Å². The van der Waals surface area contributed by atoms with Crippen molar-refractivity contribution in [1.29, 1.82) is 0 Å². The van der Waals surface area contributed by atoms with Crippen molar-refractivity contribution in [3.8, 4) is 0 Å². The summed E-state index contributed by atoms with van der Waals surface area (Å²) in [6.07, 6.45) is 2.06. The fourth-order valence-corrected chi connectivity index (χ4v) is 1.48. The molecule has 0 unspecified atom stereocenters. The third-order valence-corrected chi connectivity index (χ3v) is 2.21. The Morgan fingerprint density at radius 1 is 1.60 bits per heavy atom. The molecule has 0 fully saturated rings. The summed E-state index contributed by atoms with van der Waals surface area (Å²) < 4.78 is 0. The highest BCUT2D eigenvalue weighted by Gasteiger charge is 2.20. The number of H-pyrrole nitrogens is 1. The fourth-order valence-electron chi connectivity index (χ4n) is 1.48. The van der Waals surface area contributed by atoms with Crippen LogP contribution in [-0.2, 0) is 11.3 Å². The largest absolute Gasteiger partial charge is 0.481 e. The lowest BCUT2D eigenvalue weighted by Gasteiger charge is -2.22. The molecule has 1 aromatic heterocycles. The van der Waals surface area contributed by atoms with E-state index in [0.717, 1.165) is 12.2 Å². The molecular formula is C11H18N2O2. The summed E-state index contributed by atoms with van der Waals surface area (Å²) in [4.78, 5) is 13.7. The van der Waals surface area contributed by atoms with E-state index in [2.05, 4.69) is 10.3 Å². The fraction of sp³-hybridized carbons (Fsp3) is 0.545. The molecule has 0 spiro atoms. The highest BCUT2D eigenvalue weighted by atomic mass is 16.4. The number of hydrogen-bond donors (Lipinski definition) is 3. The number of carbonyl (C=O) groups is 1. The van der Waals surface area contributed by atoms with Crippen LogP contribution in [0.3, 0.4) is 0 Å². The minimum absolute atomic E-state index is 0.185. The molecule has 0 aromatic carbocycles. The van der Waals surface area contributed by atoms with E-state index in [-0.39, 0.29) is 11.8 Å². The topological polar surface area (TPSA) is 65.1 Å². The molecule has 0 atom stereocenters. The van der Waals surface area contributed by atoms with Crippen molar-refractivity contribution in [2.24, 2.45) is 5.41 Å². The van der Waals surface area contributed by atoms with Crippen molar-refractivity contribution in [1.82, 2.24) is 10.3 Å². The van der Waals surface area contributed by atoms with Gasteiger partial charge in [-0.15, -0.1) is 0 Å². The van der Waals surface area contributed by atoms with Crippen LogP contribution in [-0.4, -0.2) is 22.6 Å². The van der Waals surface area contributed by atoms with Gasteiger partial charge in [0.15, 0.2) is 0 Å². The van der Waals surface area contributed by atoms with Crippen molar-refractivity contribution in [2.75, 3.05) is 6.54 Å². The van der Waals surface area contributed by atoms with Gasteiger partial charge in [0.25, 0.3) is 0 Å². The van der Waals surface area contributed by atoms with Crippen LogP contribution >= 0.6 is 0 Å². The van der Waals surface area contributed by atoms with Crippen LogP contribution in [0.5, 0.6) is 0 Å². The number of rotatable bonds is 6. The Morgan fingerprint density at radius 3 is 2.87 bits per heavy atom. The Balaban J connectivity index is 2.27. The summed E-state index contributed by atoms with van der Waals surface area (Å²) in [5.74, 6) is -0.748. The molecule has 4 heteroatoms. The highest BCUT2D eigenvalue weighted by molar-refractivity contribution is 5.67. The lowest BCUT2D eigenvalue weighted by Crippen LogP contribution is -2.31. The van der Waals surface area contributed by atoms with Crippen LogP contribution in [0.2, 0.25) is 0 Å². The molecule has 0 radical (unpaired) electrons. The second-order valence-corrected chi connectivity index (χ2v) is 4.53. The van der Waals surface area contributed by atoms with E-state index in [1.165, 1.54) is 0 Å². The number of nitrogens with one attached hydrogen (secondary N) is 2. The molecule has 0 aliphatic carbocycles. The molecule has 1 rings (SSSR count). The first-order valence-electron chi connectivity index (χ1n) is 5.04. The summed E-state index contributed by atoms with van der Waals surface area (Å²) in [5.41, 5.74) is 0.902. The molecule has 84 valence electrons. The van der Waals surface area contributed by atoms with Crippen LogP contribution in [0.4, 0.5) is 0 Å². The van der Waals surface area contributed by atoms with E-state index < -0.39 is 5.97 Å². The maximum atomic E-state index is 10.6. The van der Waals surface area contributed by atoms with Gasteiger partial charge >= 0.3 is 5.97 Å². The van der Waals surface area contributed by atoms with Crippen molar-refractivity contribution in [3.63, 3.8) is 0 Å². The van der Waals surface area contributed by atoms with Gasteiger partial charge in [0.05, 0.1) is 6.42 Å². The predicted octanol–water partition coefficient (Wildman–Crippen LogP) is 1.61. The molecule has 1 aromatic rings. The number of aliphatic carboxylic acids is 1. The van der Waals surface area contributed by atoms with Crippen molar-refractivity contribution in [3.05, 3.63) is 24.0 Å². The number of aromatic amines is 1. The second-order valence-electron chi connectivity index (χ2n) is 4.53. The third kappa shape index (κ3) is 4.65. The Hall–Kier alpha value is -1.29. The molecule has 1 heterocycles. The van der Waals surface area contributed by atoms with Crippen LogP contribution < -0.4 is 5.32 Å². The summed E-state index contributed by atoms with van der Waals surface area (Å²) in [6.45, 7) is 5.33. The predicted molar refractivity (Wildman–Crippen MR) is 58.5 cm³/mol. The summed E-state index contributed by atoms with van der Waals surface area (Å²) in [6, 6.07) is 3.94. The van der Waals surface area contributed by atoms with Gasteiger partial charge in [-0.25, -0.2) is 0 Å². The van der Waals surface area contributed by atoms with Gasteiger partial charge in [-0.3, -0.25) is 4.79 Å². The maximum absolute atomic E-state index is 10.6. The van der Waals surface area contributed by atoms with E-state index in [0.29, 0.717) is 6.54 Å². The van der Waals surface area contributed by atoms with E-state index in [9.17, 15) is 4.79 Å². The van der Waals surface area contributed by atoms with E-state index in [4.69, 9.17) is 5.11 Å². The second kappa shape index (κ2) is 4.98. The monoisotopic (exact) mass is 210 g/mol. The molecule has 0 amide bonds. The quantitative estimate of drug-likeness (QED) is 0.668. The number of hydrogen-bond acceptors (Lipinski definition) is 2. The van der Waals surface area contributed by atoms with Gasteiger partial charge < -0.3 is 15.4 Å². The van der Waals surface area contributed by atoms with Gasteiger partial charge in [-0.2, -0.15) is 0 Å². The first kappa shape index (κ1) is 11.8. The van der Waals surface area contributed by atoms with Gasteiger partial charge in [0, 0.05) is 25.0 Å². The van der Waals surface area contributed by atoms with Crippen LogP contribution in [0.15, 0.2) is 18.3 Å². The normalized spacial score (nSPS) is 11.6. The third-order valence-electron chi connectivity index (χ3n) is 2.21. The van der Waals surface area contributed by atoms with Gasteiger partial charge in [-0.05, 0) is 17.5 Å². The Morgan fingerprint density at radius 2 is 2.33 bits per heavy atom. The number of carboxylic acids is 1.